The van der Waals surface area contributed by atoms with Crippen molar-refractivity contribution in [3.05, 3.63) is 47.8 Å². The lowest BCUT2D eigenvalue weighted by Gasteiger charge is -2.12. The van der Waals surface area contributed by atoms with E-state index in [1.165, 1.54) is 0 Å². The lowest BCUT2D eigenvalue weighted by Crippen LogP contribution is -2.19. The van der Waals surface area contributed by atoms with Gasteiger partial charge in [0, 0.05) is 11.6 Å². The summed E-state index contributed by atoms with van der Waals surface area (Å²) in [5, 5.41) is 9.03. The number of rotatable bonds is 2. The van der Waals surface area contributed by atoms with Crippen LogP contribution in [-0.2, 0) is 0 Å². The van der Waals surface area contributed by atoms with Gasteiger partial charge in [0.05, 0.1) is 0 Å². The number of phenolic OH excluding ortho intramolecular Hbond substituents is 1. The maximum atomic E-state index is 13.6. The van der Waals surface area contributed by atoms with E-state index in [1.54, 1.807) is 0 Å². The van der Waals surface area contributed by atoms with Crippen LogP contribution in [0, 0.1) is 17.5 Å². The van der Waals surface area contributed by atoms with Crippen molar-refractivity contribution >= 4 is 0 Å². The fourth-order valence-corrected chi connectivity index (χ4v) is 1.67. The Bertz CT molecular complexity index is 658. The number of aromatic hydroxyl groups is 1. The highest BCUT2D eigenvalue weighted by Gasteiger charge is 2.34. The van der Waals surface area contributed by atoms with Gasteiger partial charge in [-0.2, -0.15) is 0 Å². The van der Waals surface area contributed by atoms with Crippen LogP contribution in [-0.4, -0.2) is 11.5 Å². The molecule has 0 aliphatic rings. The Morgan fingerprint density at radius 3 is 1.90 bits per heavy atom. The monoisotopic (exact) mass is 308 g/mol. The largest absolute Gasteiger partial charge is 0.573 e. The maximum Gasteiger partial charge on any atom is 0.573 e. The number of hydrogen-bond donors (Lipinski definition) is 1. The maximum absolute atomic E-state index is 13.6. The molecule has 1 N–H and O–H groups in total. The van der Waals surface area contributed by atoms with Crippen molar-refractivity contribution in [3.63, 3.8) is 0 Å². The SMILES string of the molecule is Oc1ccc(-c2cc(F)c(OC(F)(F)F)c(F)c2)c(F)c1. The van der Waals surface area contributed by atoms with Gasteiger partial charge in [-0.05, 0) is 29.8 Å². The summed E-state index contributed by atoms with van der Waals surface area (Å²) in [4.78, 5) is 0. The van der Waals surface area contributed by atoms with Crippen molar-refractivity contribution in [2.24, 2.45) is 0 Å². The summed E-state index contributed by atoms with van der Waals surface area (Å²) in [6, 6.07) is 3.79. The second kappa shape index (κ2) is 5.19. The second-order valence-electron chi connectivity index (χ2n) is 3.98. The number of alkyl halides is 3. The first-order valence-electron chi connectivity index (χ1n) is 5.41. The second-order valence-corrected chi connectivity index (χ2v) is 3.98. The van der Waals surface area contributed by atoms with Gasteiger partial charge >= 0.3 is 6.36 Å². The molecule has 0 aliphatic heterocycles. The van der Waals surface area contributed by atoms with Gasteiger partial charge in [-0.1, -0.05) is 0 Å². The summed E-state index contributed by atoms with van der Waals surface area (Å²) in [5.74, 6) is -6.28. The minimum absolute atomic E-state index is 0.288. The van der Waals surface area contributed by atoms with Crippen LogP contribution in [0.3, 0.4) is 0 Å². The molecule has 0 saturated carbocycles. The van der Waals surface area contributed by atoms with Gasteiger partial charge in [0.2, 0.25) is 5.75 Å². The fourth-order valence-electron chi connectivity index (χ4n) is 1.67. The van der Waals surface area contributed by atoms with E-state index >= 15 is 0 Å². The Hall–Kier alpha value is -2.38. The fraction of sp³-hybridized carbons (Fsp3) is 0.0769. The van der Waals surface area contributed by atoms with E-state index < -0.39 is 35.3 Å². The van der Waals surface area contributed by atoms with Gasteiger partial charge in [-0.15, -0.1) is 13.2 Å². The molecule has 2 nitrogen and oxygen atoms in total. The average Bonchev–Trinajstić information content (AvgIpc) is 2.32. The van der Waals surface area contributed by atoms with Crippen LogP contribution >= 0.6 is 0 Å². The Morgan fingerprint density at radius 1 is 0.857 bits per heavy atom. The van der Waals surface area contributed by atoms with Crippen LogP contribution in [0.2, 0.25) is 0 Å². The molecule has 2 aromatic rings. The van der Waals surface area contributed by atoms with Crippen LogP contribution in [0.1, 0.15) is 0 Å². The predicted molar refractivity (Wildman–Crippen MR) is 60.1 cm³/mol. The number of halogens is 6. The lowest BCUT2D eigenvalue weighted by atomic mass is 10.0. The Balaban J connectivity index is 2.49. The molecule has 0 radical (unpaired) electrons. The zero-order valence-electron chi connectivity index (χ0n) is 10.0. The first-order chi connectivity index (χ1) is 9.67. The molecule has 8 heteroatoms. The van der Waals surface area contributed by atoms with Gasteiger partial charge in [-0.3, -0.25) is 0 Å². The van der Waals surface area contributed by atoms with E-state index in [-0.39, 0.29) is 11.1 Å². The van der Waals surface area contributed by atoms with Gasteiger partial charge in [0.1, 0.15) is 11.6 Å². The van der Waals surface area contributed by atoms with E-state index in [0.29, 0.717) is 18.2 Å². The van der Waals surface area contributed by atoms with Crippen LogP contribution < -0.4 is 4.74 Å². The zero-order valence-corrected chi connectivity index (χ0v) is 10.0. The Morgan fingerprint density at radius 2 is 1.43 bits per heavy atom. The molecule has 0 saturated heterocycles. The molecule has 112 valence electrons. The van der Waals surface area contributed by atoms with Crippen molar-refractivity contribution in [3.8, 4) is 22.6 Å². The molecule has 0 amide bonds. The number of benzene rings is 2. The molecule has 0 spiro atoms. The molecular weight excluding hydrogens is 302 g/mol. The molecule has 0 fully saturated rings. The normalized spacial score (nSPS) is 11.5. The van der Waals surface area contributed by atoms with E-state index in [9.17, 15) is 26.3 Å². The Labute approximate surface area is 114 Å². The Kier molecular flexibility index (Phi) is 3.71. The summed E-state index contributed by atoms with van der Waals surface area (Å²) in [7, 11) is 0. The third kappa shape index (κ3) is 3.39. The highest BCUT2D eigenvalue weighted by Crippen LogP contribution is 2.34. The molecule has 0 aliphatic carbocycles. The molecular formula is C13H6F6O2. The minimum atomic E-state index is -5.26. The summed E-state index contributed by atoms with van der Waals surface area (Å²) in [5.41, 5.74) is -0.624. The van der Waals surface area contributed by atoms with E-state index in [0.717, 1.165) is 12.1 Å². The summed E-state index contributed by atoms with van der Waals surface area (Å²) < 4.78 is 79.7. The first kappa shape index (κ1) is 15.0. The van der Waals surface area contributed by atoms with Crippen LogP contribution in [0.4, 0.5) is 26.3 Å². The highest BCUT2D eigenvalue weighted by atomic mass is 19.4. The molecule has 2 aromatic carbocycles. The third-order valence-electron chi connectivity index (χ3n) is 2.48. The third-order valence-corrected chi connectivity index (χ3v) is 2.48. The summed E-state index contributed by atoms with van der Waals surface area (Å²) in [6.45, 7) is 0. The van der Waals surface area contributed by atoms with Crippen LogP contribution in [0.25, 0.3) is 11.1 Å². The molecule has 0 unspecified atom stereocenters. The topological polar surface area (TPSA) is 29.5 Å². The molecule has 21 heavy (non-hydrogen) atoms. The van der Waals surface area contributed by atoms with Crippen LogP contribution in [0.5, 0.6) is 11.5 Å². The quantitative estimate of drug-likeness (QED) is 0.835. The van der Waals surface area contributed by atoms with Crippen LogP contribution in [0.15, 0.2) is 30.3 Å². The number of phenols is 1. The highest BCUT2D eigenvalue weighted by molar-refractivity contribution is 5.66. The van der Waals surface area contributed by atoms with E-state index in [1.807, 2.05) is 0 Å². The zero-order chi connectivity index (χ0) is 15.8. The summed E-state index contributed by atoms with van der Waals surface area (Å²) >= 11 is 0. The van der Waals surface area contributed by atoms with E-state index in [4.69, 9.17) is 5.11 Å². The molecule has 0 atom stereocenters. The average molecular weight is 308 g/mol. The molecule has 2 rings (SSSR count). The molecule has 0 heterocycles. The van der Waals surface area contributed by atoms with Crippen molar-refractivity contribution in [2.75, 3.05) is 0 Å². The van der Waals surface area contributed by atoms with Crippen molar-refractivity contribution in [1.82, 2.24) is 0 Å². The lowest BCUT2D eigenvalue weighted by molar-refractivity contribution is -0.276. The molecule has 0 aromatic heterocycles. The smallest absolute Gasteiger partial charge is 0.508 e. The number of hydrogen-bond acceptors (Lipinski definition) is 2. The predicted octanol–water partition coefficient (Wildman–Crippen LogP) is 4.38. The summed E-state index contributed by atoms with van der Waals surface area (Å²) in [6.07, 6.45) is -5.26. The minimum Gasteiger partial charge on any atom is -0.508 e. The van der Waals surface area contributed by atoms with Gasteiger partial charge in [0.15, 0.2) is 11.6 Å². The van der Waals surface area contributed by atoms with Crippen molar-refractivity contribution in [2.45, 2.75) is 6.36 Å². The molecule has 0 bridgehead atoms. The van der Waals surface area contributed by atoms with E-state index in [2.05, 4.69) is 4.74 Å². The number of ether oxygens (including phenoxy) is 1. The van der Waals surface area contributed by atoms with Gasteiger partial charge in [0.25, 0.3) is 0 Å². The van der Waals surface area contributed by atoms with Gasteiger partial charge in [-0.25, -0.2) is 13.2 Å². The van der Waals surface area contributed by atoms with Gasteiger partial charge < -0.3 is 9.84 Å². The van der Waals surface area contributed by atoms with Crippen molar-refractivity contribution < 1.29 is 36.2 Å². The van der Waals surface area contributed by atoms with Crippen molar-refractivity contribution in [1.29, 1.82) is 0 Å². The first-order valence-corrected chi connectivity index (χ1v) is 5.41. The standard InChI is InChI=1S/C13H6F6O2/c14-9-5-7(20)1-2-8(9)6-3-10(15)12(11(16)4-6)21-13(17,18)19/h1-5,20H.